The third-order valence-electron chi connectivity index (χ3n) is 2.56. The van der Waals surface area contributed by atoms with E-state index in [4.69, 9.17) is 4.74 Å². The zero-order valence-electron chi connectivity index (χ0n) is 8.91. The third-order valence-corrected chi connectivity index (χ3v) is 3.06. The minimum absolute atomic E-state index is 0.0437. The van der Waals surface area contributed by atoms with Gasteiger partial charge in [-0.05, 0) is 37.5 Å². The molecule has 0 aliphatic carbocycles. The minimum atomic E-state index is -0.285. The van der Waals surface area contributed by atoms with Crippen molar-refractivity contribution < 1.29 is 9.53 Å². The van der Waals surface area contributed by atoms with Gasteiger partial charge in [0, 0.05) is 16.8 Å². The topological polar surface area (TPSA) is 38.3 Å². The van der Waals surface area contributed by atoms with Crippen LogP contribution in [-0.2, 0) is 9.53 Å². The molecule has 16 heavy (non-hydrogen) atoms. The summed E-state index contributed by atoms with van der Waals surface area (Å²) in [7, 11) is 0. The fraction of sp³-hybridized carbons (Fsp3) is 0.417. The van der Waals surface area contributed by atoms with Gasteiger partial charge in [0.2, 0.25) is 0 Å². The van der Waals surface area contributed by atoms with Crippen molar-refractivity contribution in [3.8, 4) is 0 Å². The second-order valence-corrected chi connectivity index (χ2v) is 4.77. The van der Waals surface area contributed by atoms with Gasteiger partial charge in [0.05, 0.1) is 0 Å². The van der Waals surface area contributed by atoms with Gasteiger partial charge in [-0.2, -0.15) is 0 Å². The van der Waals surface area contributed by atoms with Gasteiger partial charge in [-0.25, -0.2) is 0 Å². The Labute approximate surface area is 103 Å². The molecule has 0 spiro atoms. The molecule has 1 unspecified atom stereocenters. The number of rotatable bonds is 2. The normalized spacial score (nSPS) is 20.4. The Hall–Kier alpha value is -0.870. The predicted octanol–water partition coefficient (Wildman–Crippen LogP) is 2.96. The Balaban J connectivity index is 1.96. The van der Waals surface area contributed by atoms with Gasteiger partial charge >= 0.3 is 0 Å². The van der Waals surface area contributed by atoms with Crippen molar-refractivity contribution in [2.75, 3.05) is 11.9 Å². The van der Waals surface area contributed by atoms with E-state index in [1.54, 1.807) is 0 Å². The Morgan fingerprint density at radius 2 is 2.31 bits per heavy atom. The van der Waals surface area contributed by atoms with Crippen molar-refractivity contribution in [2.24, 2.45) is 0 Å². The molecule has 4 heteroatoms. The highest BCUT2D eigenvalue weighted by Crippen LogP contribution is 2.18. The molecule has 1 aliphatic heterocycles. The second-order valence-electron chi connectivity index (χ2n) is 3.85. The SMILES string of the molecule is O=C(Nc1cccc(Br)c1)C1CCCCO1. The molecule has 2 rings (SSSR count). The maximum absolute atomic E-state index is 11.8. The maximum Gasteiger partial charge on any atom is 0.253 e. The first-order valence-electron chi connectivity index (χ1n) is 5.44. The van der Waals surface area contributed by atoms with Crippen molar-refractivity contribution in [1.29, 1.82) is 0 Å². The van der Waals surface area contributed by atoms with Gasteiger partial charge in [-0.1, -0.05) is 22.0 Å². The van der Waals surface area contributed by atoms with Crippen LogP contribution in [0.4, 0.5) is 5.69 Å². The first-order chi connectivity index (χ1) is 7.75. The van der Waals surface area contributed by atoms with Crippen molar-refractivity contribution in [3.05, 3.63) is 28.7 Å². The fourth-order valence-electron chi connectivity index (χ4n) is 1.74. The monoisotopic (exact) mass is 283 g/mol. The number of halogens is 1. The number of nitrogens with one attached hydrogen (secondary N) is 1. The average molecular weight is 284 g/mol. The number of carbonyl (C=O) groups is 1. The Kier molecular flexibility index (Phi) is 3.96. The van der Waals surface area contributed by atoms with Gasteiger partial charge < -0.3 is 10.1 Å². The highest BCUT2D eigenvalue weighted by Gasteiger charge is 2.21. The van der Waals surface area contributed by atoms with Crippen molar-refractivity contribution in [1.82, 2.24) is 0 Å². The lowest BCUT2D eigenvalue weighted by atomic mass is 10.1. The molecule has 0 bridgehead atoms. The van der Waals surface area contributed by atoms with Crippen LogP contribution < -0.4 is 5.32 Å². The summed E-state index contributed by atoms with van der Waals surface area (Å²) in [6, 6.07) is 7.56. The molecule has 0 radical (unpaired) electrons. The summed E-state index contributed by atoms with van der Waals surface area (Å²) in [6.45, 7) is 0.691. The lowest BCUT2D eigenvalue weighted by Crippen LogP contribution is -2.33. The Morgan fingerprint density at radius 3 is 3.00 bits per heavy atom. The van der Waals surface area contributed by atoms with Gasteiger partial charge in [-0.3, -0.25) is 4.79 Å². The summed E-state index contributed by atoms with van der Waals surface area (Å²) in [5.41, 5.74) is 0.800. The van der Waals surface area contributed by atoms with E-state index in [9.17, 15) is 4.79 Å². The van der Waals surface area contributed by atoms with Gasteiger partial charge in [0.1, 0.15) is 6.10 Å². The molecule has 1 aromatic rings. The van der Waals surface area contributed by atoms with Crippen molar-refractivity contribution in [2.45, 2.75) is 25.4 Å². The van der Waals surface area contributed by atoms with Crippen LogP contribution in [0.5, 0.6) is 0 Å². The maximum atomic E-state index is 11.8. The molecule has 0 saturated carbocycles. The minimum Gasteiger partial charge on any atom is -0.368 e. The van der Waals surface area contributed by atoms with Crippen LogP contribution in [-0.4, -0.2) is 18.6 Å². The second kappa shape index (κ2) is 5.46. The molecule has 3 nitrogen and oxygen atoms in total. The van der Waals surface area contributed by atoms with E-state index in [1.165, 1.54) is 0 Å². The standard InChI is InChI=1S/C12H14BrNO2/c13-9-4-3-5-10(8-9)14-12(15)11-6-1-2-7-16-11/h3-5,8,11H,1-2,6-7H2,(H,14,15). The molecular formula is C12H14BrNO2. The highest BCUT2D eigenvalue weighted by molar-refractivity contribution is 9.10. The van der Waals surface area contributed by atoms with E-state index in [0.29, 0.717) is 6.61 Å². The summed E-state index contributed by atoms with van der Waals surface area (Å²) >= 11 is 3.37. The van der Waals surface area contributed by atoms with Gasteiger partial charge in [0.15, 0.2) is 0 Å². The molecule has 0 aromatic heterocycles. The van der Waals surface area contributed by atoms with Crippen LogP contribution in [0, 0.1) is 0 Å². The number of amides is 1. The van der Waals surface area contributed by atoms with E-state index >= 15 is 0 Å². The predicted molar refractivity (Wildman–Crippen MR) is 66.4 cm³/mol. The zero-order valence-corrected chi connectivity index (χ0v) is 10.5. The smallest absolute Gasteiger partial charge is 0.253 e. The van der Waals surface area contributed by atoms with E-state index in [0.717, 1.165) is 29.4 Å². The number of anilines is 1. The number of carbonyl (C=O) groups excluding carboxylic acids is 1. The molecule has 1 N–H and O–H groups in total. The fourth-order valence-corrected chi connectivity index (χ4v) is 2.14. The molecule has 1 atom stereocenters. The lowest BCUT2D eigenvalue weighted by molar-refractivity contribution is -0.129. The highest BCUT2D eigenvalue weighted by atomic mass is 79.9. The summed E-state index contributed by atoms with van der Waals surface area (Å²) < 4.78 is 6.37. The molecule has 1 fully saturated rings. The molecule has 86 valence electrons. The van der Waals surface area contributed by atoms with E-state index < -0.39 is 0 Å². The summed E-state index contributed by atoms with van der Waals surface area (Å²) in [6.07, 6.45) is 2.66. The van der Waals surface area contributed by atoms with Crippen molar-refractivity contribution >= 4 is 27.5 Å². The van der Waals surface area contributed by atoms with Crippen LogP contribution in [0.3, 0.4) is 0 Å². The molecule has 1 aromatic carbocycles. The van der Waals surface area contributed by atoms with Crippen LogP contribution in [0.25, 0.3) is 0 Å². The number of hydrogen-bond acceptors (Lipinski definition) is 2. The first kappa shape index (κ1) is 11.6. The van der Waals surface area contributed by atoms with Crippen LogP contribution in [0.2, 0.25) is 0 Å². The van der Waals surface area contributed by atoms with Crippen molar-refractivity contribution in [3.63, 3.8) is 0 Å². The summed E-state index contributed by atoms with van der Waals surface area (Å²) in [4.78, 5) is 11.8. The Bertz CT molecular complexity index is 375. The van der Waals surface area contributed by atoms with Crippen LogP contribution in [0.15, 0.2) is 28.7 Å². The largest absolute Gasteiger partial charge is 0.368 e. The lowest BCUT2D eigenvalue weighted by Gasteiger charge is -2.21. The molecule has 1 amide bonds. The summed E-state index contributed by atoms with van der Waals surface area (Å²) in [5, 5.41) is 2.86. The van der Waals surface area contributed by atoms with Crippen LogP contribution in [0.1, 0.15) is 19.3 Å². The summed E-state index contributed by atoms with van der Waals surface area (Å²) in [5.74, 6) is -0.0437. The quantitative estimate of drug-likeness (QED) is 0.906. The zero-order chi connectivity index (χ0) is 11.4. The number of ether oxygens (including phenoxy) is 1. The third kappa shape index (κ3) is 3.06. The van der Waals surface area contributed by atoms with E-state index in [1.807, 2.05) is 24.3 Å². The number of benzene rings is 1. The molecule has 1 heterocycles. The van der Waals surface area contributed by atoms with Crippen LogP contribution >= 0.6 is 15.9 Å². The average Bonchev–Trinajstić information content (AvgIpc) is 2.30. The van der Waals surface area contributed by atoms with Gasteiger partial charge in [-0.15, -0.1) is 0 Å². The van der Waals surface area contributed by atoms with E-state index in [2.05, 4.69) is 21.2 Å². The number of hydrogen-bond donors (Lipinski definition) is 1. The van der Waals surface area contributed by atoms with E-state index in [-0.39, 0.29) is 12.0 Å². The molecular weight excluding hydrogens is 270 g/mol. The first-order valence-corrected chi connectivity index (χ1v) is 6.23. The molecule has 1 aliphatic rings. The van der Waals surface area contributed by atoms with Gasteiger partial charge in [0.25, 0.3) is 5.91 Å². The Morgan fingerprint density at radius 1 is 1.44 bits per heavy atom. The molecule has 1 saturated heterocycles.